The molecular weight excluding hydrogens is 404 g/mol. The van der Waals surface area contributed by atoms with Gasteiger partial charge in [-0.05, 0) is 0 Å². The fraction of sp³-hybridized carbons (Fsp3) is 1.00. The zero-order valence-corrected chi connectivity index (χ0v) is 18.8. The van der Waals surface area contributed by atoms with Crippen molar-refractivity contribution >= 4 is 0 Å². The maximum absolute atomic E-state index is 10.8. The highest BCUT2D eigenvalue weighted by Crippen LogP contribution is 2.33. The Kier molecular flexibility index (Phi) is 10.3. The Morgan fingerprint density at radius 1 is 0.800 bits per heavy atom. The topological polar surface area (TPSA) is 113 Å². The molecule has 0 radical (unpaired) electrons. The van der Waals surface area contributed by atoms with Crippen LogP contribution in [0.3, 0.4) is 0 Å². The molecule has 0 bridgehead atoms. The molecule has 11 nitrogen and oxygen atoms in total. The molecule has 0 amide bonds. The average molecular weight is 440 g/mol. The van der Waals surface area contributed by atoms with Crippen molar-refractivity contribution in [3.8, 4) is 0 Å². The van der Waals surface area contributed by atoms with E-state index in [1.165, 1.54) is 21.3 Å². The standard InChI is InChI=1S/C19H36O11/c1-21-8-11-13(23-3)15(25-5)16(26-6)18(29-11)30-12-9-28-19(20,10-22-2)17(27-7)14(12)24-4/h11-18,20H,8-10H2,1-7H3. The molecule has 2 aliphatic rings. The summed E-state index contributed by atoms with van der Waals surface area (Å²) in [5.41, 5.74) is 0. The van der Waals surface area contributed by atoms with Crippen LogP contribution in [0.2, 0.25) is 0 Å². The van der Waals surface area contributed by atoms with Crippen LogP contribution >= 0.6 is 0 Å². The SMILES string of the molecule is COCC1OC(OC2COC(O)(COC)C(OC)C2OC)C(OC)C(OC)C1OC. The first-order valence-corrected chi connectivity index (χ1v) is 9.73. The number of methoxy groups -OCH3 is 7. The molecule has 0 saturated carbocycles. The zero-order chi connectivity index (χ0) is 22.3. The minimum absolute atomic E-state index is 0.0226. The molecule has 11 heteroatoms. The number of aliphatic hydroxyl groups is 1. The summed E-state index contributed by atoms with van der Waals surface area (Å²) in [7, 11) is 10.7. The Balaban J connectivity index is 2.23. The lowest BCUT2D eigenvalue weighted by molar-refractivity contribution is -0.375. The predicted molar refractivity (Wildman–Crippen MR) is 102 cm³/mol. The van der Waals surface area contributed by atoms with Crippen molar-refractivity contribution in [1.29, 1.82) is 0 Å². The van der Waals surface area contributed by atoms with E-state index in [9.17, 15) is 5.11 Å². The summed E-state index contributed by atoms with van der Waals surface area (Å²) in [6.45, 7) is 0.211. The van der Waals surface area contributed by atoms with E-state index in [1.807, 2.05) is 0 Å². The van der Waals surface area contributed by atoms with E-state index in [-0.39, 0.29) is 19.8 Å². The van der Waals surface area contributed by atoms with Gasteiger partial charge in [0.25, 0.3) is 0 Å². The van der Waals surface area contributed by atoms with Crippen LogP contribution in [0.15, 0.2) is 0 Å². The molecule has 2 heterocycles. The summed E-state index contributed by atoms with van der Waals surface area (Å²) in [5.74, 6) is -1.67. The molecular formula is C19H36O11. The first kappa shape index (κ1) is 25.8. The molecule has 30 heavy (non-hydrogen) atoms. The number of ether oxygens (including phenoxy) is 10. The van der Waals surface area contributed by atoms with Gasteiger partial charge in [0.15, 0.2) is 6.29 Å². The van der Waals surface area contributed by atoms with Crippen LogP contribution in [-0.2, 0) is 47.4 Å². The Labute approximate surface area is 177 Å². The van der Waals surface area contributed by atoms with Gasteiger partial charge in [-0.1, -0.05) is 0 Å². The van der Waals surface area contributed by atoms with E-state index in [0.717, 1.165) is 0 Å². The highest BCUT2D eigenvalue weighted by Gasteiger charge is 2.54. The summed E-state index contributed by atoms with van der Waals surface area (Å²) >= 11 is 0. The van der Waals surface area contributed by atoms with Crippen molar-refractivity contribution in [2.24, 2.45) is 0 Å². The number of rotatable bonds is 11. The molecule has 2 saturated heterocycles. The van der Waals surface area contributed by atoms with Gasteiger partial charge in [0.05, 0.1) is 13.2 Å². The third-order valence-electron chi connectivity index (χ3n) is 5.53. The average Bonchev–Trinajstić information content (AvgIpc) is 2.74. The molecule has 1 N–H and O–H groups in total. The van der Waals surface area contributed by atoms with Crippen molar-refractivity contribution in [3.05, 3.63) is 0 Å². The van der Waals surface area contributed by atoms with Gasteiger partial charge in [0, 0.05) is 49.8 Å². The van der Waals surface area contributed by atoms with Crippen molar-refractivity contribution in [2.45, 2.75) is 54.8 Å². The third kappa shape index (κ3) is 5.30. The van der Waals surface area contributed by atoms with Crippen molar-refractivity contribution in [1.82, 2.24) is 0 Å². The van der Waals surface area contributed by atoms with E-state index in [2.05, 4.69) is 0 Å². The lowest BCUT2D eigenvalue weighted by atomic mass is 9.95. The second-order valence-corrected chi connectivity index (χ2v) is 7.22. The third-order valence-corrected chi connectivity index (χ3v) is 5.53. The largest absolute Gasteiger partial charge is 0.382 e. The van der Waals surface area contributed by atoms with Crippen LogP contribution in [-0.4, -0.2) is 130 Å². The molecule has 0 aromatic heterocycles. The molecule has 9 atom stereocenters. The molecule has 9 unspecified atom stereocenters. The molecule has 0 aliphatic carbocycles. The van der Waals surface area contributed by atoms with Gasteiger partial charge in [-0.3, -0.25) is 0 Å². The summed E-state index contributed by atoms with van der Waals surface area (Å²) < 4.78 is 56.3. The highest BCUT2D eigenvalue weighted by molar-refractivity contribution is 4.97. The summed E-state index contributed by atoms with van der Waals surface area (Å²) in [4.78, 5) is 0. The van der Waals surface area contributed by atoms with Gasteiger partial charge in [0.1, 0.15) is 49.3 Å². The smallest absolute Gasteiger partial charge is 0.219 e. The Hall–Kier alpha value is -0.440. The van der Waals surface area contributed by atoms with Crippen LogP contribution in [0.5, 0.6) is 0 Å². The van der Waals surface area contributed by atoms with Gasteiger partial charge < -0.3 is 52.5 Å². The quantitative estimate of drug-likeness (QED) is 0.435. The van der Waals surface area contributed by atoms with Crippen LogP contribution in [0.1, 0.15) is 0 Å². The first-order chi connectivity index (χ1) is 14.4. The maximum atomic E-state index is 10.8. The molecule has 0 aromatic carbocycles. The van der Waals surface area contributed by atoms with Gasteiger partial charge in [-0.2, -0.15) is 0 Å². The second-order valence-electron chi connectivity index (χ2n) is 7.22. The molecule has 2 rings (SSSR count). The van der Waals surface area contributed by atoms with E-state index < -0.39 is 54.8 Å². The predicted octanol–water partition coefficient (Wildman–Crippen LogP) is -0.817. The fourth-order valence-corrected chi connectivity index (χ4v) is 4.16. The van der Waals surface area contributed by atoms with Gasteiger partial charge in [0.2, 0.25) is 5.79 Å². The Morgan fingerprint density at radius 2 is 1.43 bits per heavy atom. The van der Waals surface area contributed by atoms with Gasteiger partial charge in [-0.25, -0.2) is 0 Å². The van der Waals surface area contributed by atoms with Crippen LogP contribution in [0.25, 0.3) is 0 Å². The summed E-state index contributed by atoms with van der Waals surface area (Å²) in [6.07, 6.45) is -4.89. The Morgan fingerprint density at radius 3 is 1.93 bits per heavy atom. The highest BCUT2D eigenvalue weighted by atomic mass is 16.7. The molecule has 2 aliphatic heterocycles. The van der Waals surface area contributed by atoms with Crippen LogP contribution < -0.4 is 0 Å². The minimum atomic E-state index is -1.67. The lowest BCUT2D eigenvalue weighted by Gasteiger charge is -2.49. The maximum Gasteiger partial charge on any atom is 0.219 e. The van der Waals surface area contributed by atoms with Gasteiger partial charge in [-0.15, -0.1) is 0 Å². The van der Waals surface area contributed by atoms with Crippen molar-refractivity contribution in [3.63, 3.8) is 0 Å². The van der Waals surface area contributed by atoms with E-state index in [1.54, 1.807) is 28.4 Å². The first-order valence-electron chi connectivity index (χ1n) is 9.73. The normalized spacial score (nSPS) is 42.4. The minimum Gasteiger partial charge on any atom is -0.382 e. The second kappa shape index (κ2) is 12.0. The zero-order valence-electron chi connectivity index (χ0n) is 18.8. The molecule has 178 valence electrons. The number of hydrogen-bond acceptors (Lipinski definition) is 11. The lowest BCUT2D eigenvalue weighted by Crippen LogP contribution is -2.67. The molecule has 2 fully saturated rings. The van der Waals surface area contributed by atoms with Gasteiger partial charge >= 0.3 is 0 Å². The molecule has 0 aromatic rings. The number of hydrogen-bond donors (Lipinski definition) is 1. The molecule has 0 spiro atoms. The summed E-state index contributed by atoms with van der Waals surface area (Å²) in [6, 6.07) is 0. The monoisotopic (exact) mass is 440 g/mol. The fourth-order valence-electron chi connectivity index (χ4n) is 4.16. The van der Waals surface area contributed by atoms with E-state index >= 15 is 0 Å². The summed E-state index contributed by atoms with van der Waals surface area (Å²) in [5, 5.41) is 10.8. The van der Waals surface area contributed by atoms with Crippen molar-refractivity contribution < 1.29 is 52.5 Å². The van der Waals surface area contributed by atoms with E-state index in [0.29, 0.717) is 0 Å². The van der Waals surface area contributed by atoms with Crippen LogP contribution in [0.4, 0.5) is 0 Å². The Bertz CT molecular complexity index is 495. The van der Waals surface area contributed by atoms with E-state index in [4.69, 9.17) is 47.4 Å². The van der Waals surface area contributed by atoms with Crippen LogP contribution in [0, 0.1) is 0 Å². The van der Waals surface area contributed by atoms with Crippen molar-refractivity contribution in [2.75, 3.05) is 69.6 Å².